The summed E-state index contributed by atoms with van der Waals surface area (Å²) in [6.45, 7) is 3.30. The van der Waals surface area contributed by atoms with Gasteiger partial charge in [-0.25, -0.2) is 4.79 Å². The van der Waals surface area contributed by atoms with E-state index in [4.69, 9.17) is 5.11 Å². The highest BCUT2D eigenvalue weighted by atomic mass is 16.4. The van der Waals surface area contributed by atoms with Crippen molar-refractivity contribution in [2.75, 3.05) is 0 Å². The molecule has 0 spiro atoms. The standard InChI is InChI=1S/C13H12O3/c1-8(13(15)16)12(14)11-5-3-2-4-10(11)9-6-7-9/h2-5,9H,1,6-7H2,(H,15,16). The van der Waals surface area contributed by atoms with Crippen LogP contribution in [0.25, 0.3) is 0 Å². The third-order valence-corrected chi connectivity index (χ3v) is 2.75. The van der Waals surface area contributed by atoms with Gasteiger partial charge in [-0.3, -0.25) is 4.79 Å². The van der Waals surface area contributed by atoms with E-state index in [2.05, 4.69) is 6.58 Å². The predicted octanol–water partition coefficient (Wildman–Crippen LogP) is 2.39. The van der Waals surface area contributed by atoms with Gasteiger partial charge in [-0.15, -0.1) is 0 Å². The maximum absolute atomic E-state index is 11.9. The zero-order valence-corrected chi connectivity index (χ0v) is 8.77. The van der Waals surface area contributed by atoms with Crippen LogP contribution >= 0.6 is 0 Å². The molecule has 0 atom stereocenters. The summed E-state index contributed by atoms with van der Waals surface area (Å²) in [5.41, 5.74) is 1.07. The summed E-state index contributed by atoms with van der Waals surface area (Å²) in [6, 6.07) is 7.17. The lowest BCUT2D eigenvalue weighted by Gasteiger charge is -2.06. The summed E-state index contributed by atoms with van der Waals surface area (Å²) in [5.74, 6) is -1.31. The smallest absolute Gasteiger partial charge is 0.339 e. The van der Waals surface area contributed by atoms with E-state index in [9.17, 15) is 9.59 Å². The normalized spacial score (nSPS) is 14.5. The second-order valence-electron chi connectivity index (χ2n) is 3.97. The van der Waals surface area contributed by atoms with Gasteiger partial charge in [0.15, 0.2) is 5.78 Å². The van der Waals surface area contributed by atoms with Crippen LogP contribution in [0.4, 0.5) is 0 Å². The minimum atomic E-state index is -1.25. The van der Waals surface area contributed by atoms with Gasteiger partial charge in [0, 0.05) is 5.56 Å². The van der Waals surface area contributed by atoms with E-state index >= 15 is 0 Å². The monoisotopic (exact) mass is 216 g/mol. The molecule has 0 bridgehead atoms. The first kappa shape index (κ1) is 10.6. The summed E-state index contributed by atoms with van der Waals surface area (Å²) >= 11 is 0. The van der Waals surface area contributed by atoms with E-state index in [0.29, 0.717) is 11.5 Å². The highest BCUT2D eigenvalue weighted by Gasteiger charge is 2.29. The molecule has 1 aromatic rings. The molecule has 16 heavy (non-hydrogen) atoms. The van der Waals surface area contributed by atoms with E-state index in [-0.39, 0.29) is 5.57 Å². The topological polar surface area (TPSA) is 54.4 Å². The van der Waals surface area contributed by atoms with Crippen molar-refractivity contribution in [2.45, 2.75) is 18.8 Å². The average molecular weight is 216 g/mol. The first-order chi connectivity index (χ1) is 7.61. The molecule has 1 aliphatic rings. The molecule has 82 valence electrons. The number of hydrogen-bond acceptors (Lipinski definition) is 2. The van der Waals surface area contributed by atoms with Gasteiger partial charge < -0.3 is 5.11 Å². The summed E-state index contributed by atoms with van der Waals surface area (Å²) in [7, 11) is 0. The number of carboxylic acid groups (broad SMARTS) is 1. The first-order valence-electron chi connectivity index (χ1n) is 5.17. The van der Waals surface area contributed by atoms with Crippen LogP contribution in [0.2, 0.25) is 0 Å². The summed E-state index contributed by atoms with van der Waals surface area (Å²) < 4.78 is 0. The van der Waals surface area contributed by atoms with Crippen molar-refractivity contribution in [3.05, 3.63) is 47.5 Å². The molecule has 0 amide bonds. The Hall–Kier alpha value is -1.90. The second kappa shape index (κ2) is 3.93. The molecule has 1 aromatic carbocycles. The predicted molar refractivity (Wildman–Crippen MR) is 59.5 cm³/mol. The molecule has 1 saturated carbocycles. The van der Waals surface area contributed by atoms with Crippen LogP contribution in [0.3, 0.4) is 0 Å². The zero-order valence-electron chi connectivity index (χ0n) is 8.77. The number of rotatable bonds is 4. The molecule has 0 radical (unpaired) electrons. The van der Waals surface area contributed by atoms with Crippen LogP contribution in [-0.2, 0) is 4.79 Å². The van der Waals surface area contributed by atoms with Crippen LogP contribution in [0.15, 0.2) is 36.4 Å². The fourth-order valence-electron chi connectivity index (χ4n) is 1.71. The highest BCUT2D eigenvalue weighted by molar-refractivity contribution is 6.23. The van der Waals surface area contributed by atoms with Gasteiger partial charge in [0.25, 0.3) is 0 Å². The van der Waals surface area contributed by atoms with Crippen molar-refractivity contribution >= 4 is 11.8 Å². The molecule has 1 aliphatic carbocycles. The van der Waals surface area contributed by atoms with Gasteiger partial charge in [0.2, 0.25) is 0 Å². The number of ketones is 1. The lowest BCUT2D eigenvalue weighted by Crippen LogP contribution is -2.12. The third kappa shape index (κ3) is 1.89. The van der Waals surface area contributed by atoms with Crippen LogP contribution in [0.5, 0.6) is 0 Å². The molecule has 0 aliphatic heterocycles. The zero-order chi connectivity index (χ0) is 11.7. The Balaban J connectivity index is 2.36. The lowest BCUT2D eigenvalue weighted by atomic mass is 9.96. The van der Waals surface area contributed by atoms with E-state index in [1.165, 1.54) is 0 Å². The van der Waals surface area contributed by atoms with Gasteiger partial charge in [0.05, 0.1) is 0 Å². The van der Waals surface area contributed by atoms with Gasteiger partial charge in [-0.1, -0.05) is 30.8 Å². The van der Waals surface area contributed by atoms with Crippen LogP contribution in [0.1, 0.15) is 34.7 Å². The van der Waals surface area contributed by atoms with Gasteiger partial charge in [-0.05, 0) is 24.3 Å². The van der Waals surface area contributed by atoms with E-state index in [0.717, 1.165) is 18.4 Å². The lowest BCUT2D eigenvalue weighted by molar-refractivity contribution is -0.132. The number of carbonyl (C=O) groups is 2. The quantitative estimate of drug-likeness (QED) is 0.364. The van der Waals surface area contributed by atoms with Crippen molar-refractivity contribution in [1.82, 2.24) is 0 Å². The second-order valence-corrected chi connectivity index (χ2v) is 3.97. The molecule has 2 rings (SSSR count). The molecular weight excluding hydrogens is 204 g/mol. The SMILES string of the molecule is C=C(C(=O)O)C(=O)c1ccccc1C1CC1. The fraction of sp³-hybridized carbons (Fsp3) is 0.231. The highest BCUT2D eigenvalue weighted by Crippen LogP contribution is 2.41. The average Bonchev–Trinajstić information content (AvgIpc) is 3.11. The molecule has 1 N–H and O–H groups in total. The maximum Gasteiger partial charge on any atom is 0.339 e. The summed E-state index contributed by atoms with van der Waals surface area (Å²) in [5, 5.41) is 8.74. The Bertz CT molecular complexity index is 470. The van der Waals surface area contributed by atoms with Crippen LogP contribution < -0.4 is 0 Å². The van der Waals surface area contributed by atoms with E-state index in [1.54, 1.807) is 12.1 Å². The van der Waals surface area contributed by atoms with Gasteiger partial charge in [-0.2, -0.15) is 0 Å². The van der Waals surface area contributed by atoms with Crippen molar-refractivity contribution in [1.29, 1.82) is 0 Å². The van der Waals surface area contributed by atoms with Crippen LogP contribution in [0, 0.1) is 0 Å². The molecule has 0 unspecified atom stereocenters. The van der Waals surface area contributed by atoms with Crippen molar-refractivity contribution in [3.8, 4) is 0 Å². The van der Waals surface area contributed by atoms with Gasteiger partial charge in [0.1, 0.15) is 5.57 Å². The van der Waals surface area contributed by atoms with E-state index in [1.807, 2.05) is 12.1 Å². The van der Waals surface area contributed by atoms with Gasteiger partial charge >= 0.3 is 5.97 Å². The number of Topliss-reactive ketones (excluding diaryl/α,β-unsaturated/α-hetero) is 1. The Labute approximate surface area is 93.4 Å². The molecule has 0 aromatic heterocycles. The van der Waals surface area contributed by atoms with Crippen molar-refractivity contribution < 1.29 is 14.7 Å². The number of benzene rings is 1. The Morgan fingerprint density at radius 1 is 1.25 bits per heavy atom. The minimum absolute atomic E-state index is 0.367. The number of carboxylic acids is 1. The molecule has 0 heterocycles. The summed E-state index contributed by atoms with van der Waals surface area (Å²) in [4.78, 5) is 22.5. The maximum atomic E-state index is 11.9. The molecule has 3 nitrogen and oxygen atoms in total. The van der Waals surface area contributed by atoms with E-state index < -0.39 is 11.8 Å². The number of hydrogen-bond donors (Lipinski definition) is 1. The van der Waals surface area contributed by atoms with Crippen molar-refractivity contribution in [3.63, 3.8) is 0 Å². The Morgan fingerprint density at radius 2 is 1.88 bits per heavy atom. The molecule has 3 heteroatoms. The Kier molecular flexibility index (Phi) is 2.60. The molecular formula is C13H12O3. The molecule has 1 fully saturated rings. The molecule has 0 saturated heterocycles. The van der Waals surface area contributed by atoms with Crippen LogP contribution in [-0.4, -0.2) is 16.9 Å². The number of aliphatic carboxylic acids is 1. The minimum Gasteiger partial charge on any atom is -0.478 e. The summed E-state index contributed by atoms with van der Waals surface area (Å²) in [6.07, 6.45) is 2.15. The third-order valence-electron chi connectivity index (χ3n) is 2.75. The first-order valence-corrected chi connectivity index (χ1v) is 5.17. The number of carbonyl (C=O) groups excluding carboxylic acids is 1. The largest absolute Gasteiger partial charge is 0.478 e. The Morgan fingerprint density at radius 3 is 2.44 bits per heavy atom. The van der Waals surface area contributed by atoms with Crippen molar-refractivity contribution in [2.24, 2.45) is 0 Å². The fourth-order valence-corrected chi connectivity index (χ4v) is 1.71.